The lowest BCUT2D eigenvalue weighted by atomic mass is 9.78. The predicted molar refractivity (Wildman–Crippen MR) is 52.7 cm³/mol. The first kappa shape index (κ1) is 9.30. The van der Waals surface area contributed by atoms with Crippen LogP contribution in [0.4, 0.5) is 0 Å². The van der Waals surface area contributed by atoms with E-state index in [1.165, 1.54) is 0 Å². The second-order valence-electron chi connectivity index (χ2n) is 4.16. The number of nitrogens with zero attached hydrogens (tertiary/aromatic N) is 2. The first-order chi connectivity index (χ1) is 6.11. The van der Waals surface area contributed by atoms with E-state index in [0.717, 1.165) is 32.5 Å². The van der Waals surface area contributed by atoms with Crippen LogP contribution in [-0.2, 0) is 4.79 Å². The molecule has 0 aliphatic carbocycles. The lowest BCUT2D eigenvalue weighted by Crippen LogP contribution is -2.44. The van der Waals surface area contributed by atoms with Crippen LogP contribution in [0.1, 0.15) is 19.3 Å². The number of amides is 1. The van der Waals surface area contributed by atoms with Gasteiger partial charge in [0.2, 0.25) is 5.91 Å². The van der Waals surface area contributed by atoms with Crippen molar-refractivity contribution < 1.29 is 4.79 Å². The van der Waals surface area contributed by atoms with Crippen LogP contribution in [-0.4, -0.2) is 34.9 Å². The molecule has 2 saturated heterocycles. The molecule has 1 amide bonds. The van der Waals surface area contributed by atoms with E-state index in [9.17, 15) is 4.79 Å². The lowest BCUT2D eigenvalue weighted by molar-refractivity contribution is -0.123. The molecule has 0 unspecified atom stereocenters. The van der Waals surface area contributed by atoms with Gasteiger partial charge in [0, 0.05) is 31.5 Å². The SMILES string of the molecule is NN1CCC2(CC1)CC(=O)N(S)C2. The third-order valence-electron chi connectivity index (χ3n) is 3.16. The van der Waals surface area contributed by atoms with Gasteiger partial charge >= 0.3 is 0 Å². The Balaban J connectivity index is 2.03. The fourth-order valence-corrected chi connectivity index (χ4v) is 2.58. The van der Waals surface area contributed by atoms with Crippen molar-refractivity contribution in [3.8, 4) is 0 Å². The van der Waals surface area contributed by atoms with Crippen molar-refractivity contribution in [3.05, 3.63) is 0 Å². The second-order valence-corrected chi connectivity index (χ2v) is 4.65. The molecular formula is C8H15N3OS. The molecule has 5 heteroatoms. The summed E-state index contributed by atoms with van der Waals surface area (Å²) in [7, 11) is 0. The van der Waals surface area contributed by atoms with Gasteiger partial charge in [0.1, 0.15) is 0 Å². The summed E-state index contributed by atoms with van der Waals surface area (Å²) in [6, 6.07) is 0. The summed E-state index contributed by atoms with van der Waals surface area (Å²) in [6.07, 6.45) is 2.70. The van der Waals surface area contributed by atoms with Crippen LogP contribution in [0.15, 0.2) is 0 Å². The minimum Gasteiger partial charge on any atom is -0.289 e. The number of rotatable bonds is 0. The predicted octanol–water partition coefficient (Wildman–Crippen LogP) is 0.0194. The van der Waals surface area contributed by atoms with Gasteiger partial charge in [0.25, 0.3) is 0 Å². The van der Waals surface area contributed by atoms with Crippen LogP contribution in [0.2, 0.25) is 0 Å². The second kappa shape index (κ2) is 3.15. The maximum atomic E-state index is 11.3. The zero-order valence-corrected chi connectivity index (χ0v) is 8.46. The van der Waals surface area contributed by atoms with Crippen molar-refractivity contribution in [2.24, 2.45) is 11.3 Å². The molecule has 0 saturated carbocycles. The van der Waals surface area contributed by atoms with Gasteiger partial charge < -0.3 is 0 Å². The quantitative estimate of drug-likeness (QED) is 0.429. The Morgan fingerprint density at radius 3 is 2.46 bits per heavy atom. The Labute approximate surface area is 83.6 Å². The van der Waals surface area contributed by atoms with Crippen LogP contribution in [0.5, 0.6) is 0 Å². The summed E-state index contributed by atoms with van der Waals surface area (Å²) in [6.45, 7) is 2.59. The number of hydrazine groups is 1. The zero-order chi connectivity index (χ0) is 9.47. The van der Waals surface area contributed by atoms with Crippen molar-refractivity contribution in [1.82, 2.24) is 9.31 Å². The van der Waals surface area contributed by atoms with Gasteiger partial charge in [-0.3, -0.25) is 14.9 Å². The zero-order valence-electron chi connectivity index (χ0n) is 7.57. The van der Waals surface area contributed by atoms with Crippen LogP contribution in [0.25, 0.3) is 0 Å². The maximum absolute atomic E-state index is 11.3. The normalized spacial score (nSPS) is 28.8. The summed E-state index contributed by atoms with van der Waals surface area (Å²) in [5.74, 6) is 5.83. The van der Waals surface area contributed by atoms with Crippen LogP contribution >= 0.6 is 12.8 Å². The Morgan fingerprint density at radius 1 is 1.38 bits per heavy atom. The van der Waals surface area contributed by atoms with Gasteiger partial charge in [-0.15, -0.1) is 0 Å². The van der Waals surface area contributed by atoms with Gasteiger partial charge in [0.15, 0.2) is 0 Å². The molecule has 2 rings (SSSR count). The van der Waals surface area contributed by atoms with E-state index in [4.69, 9.17) is 5.84 Å². The number of piperidine rings is 1. The van der Waals surface area contributed by atoms with Crippen LogP contribution < -0.4 is 5.84 Å². The molecule has 0 radical (unpaired) electrons. The van der Waals surface area contributed by atoms with Crippen molar-refractivity contribution in [2.45, 2.75) is 19.3 Å². The summed E-state index contributed by atoms with van der Waals surface area (Å²) in [5.41, 5.74) is 0.175. The van der Waals surface area contributed by atoms with Gasteiger partial charge in [-0.2, -0.15) is 0 Å². The summed E-state index contributed by atoms with van der Waals surface area (Å²) in [5, 5.41) is 1.83. The molecule has 2 aliphatic heterocycles. The summed E-state index contributed by atoms with van der Waals surface area (Å²) < 4.78 is 1.55. The van der Waals surface area contributed by atoms with Crippen molar-refractivity contribution >= 4 is 18.7 Å². The number of nitrogens with two attached hydrogens (primary N) is 1. The molecule has 4 nitrogen and oxygen atoms in total. The maximum Gasteiger partial charge on any atom is 0.232 e. The van der Waals surface area contributed by atoms with Crippen molar-refractivity contribution in [2.75, 3.05) is 19.6 Å². The molecule has 0 aromatic rings. The number of carbonyl (C=O) groups excluding carboxylic acids is 1. The topological polar surface area (TPSA) is 49.6 Å². The number of hydrogen-bond donors (Lipinski definition) is 2. The first-order valence-electron chi connectivity index (χ1n) is 4.60. The third kappa shape index (κ3) is 1.68. The van der Waals surface area contributed by atoms with E-state index in [1.54, 1.807) is 4.31 Å². The van der Waals surface area contributed by atoms with E-state index in [0.29, 0.717) is 6.42 Å². The number of thiol groups is 1. The van der Waals surface area contributed by atoms with Gasteiger partial charge in [-0.05, 0) is 12.8 Å². The Morgan fingerprint density at radius 2 is 2.00 bits per heavy atom. The molecule has 2 fully saturated rings. The summed E-state index contributed by atoms with van der Waals surface area (Å²) in [4.78, 5) is 11.3. The van der Waals surface area contributed by atoms with Crippen LogP contribution in [0, 0.1) is 5.41 Å². The smallest absolute Gasteiger partial charge is 0.232 e. The van der Waals surface area contributed by atoms with E-state index >= 15 is 0 Å². The third-order valence-corrected chi connectivity index (χ3v) is 3.52. The first-order valence-corrected chi connectivity index (χ1v) is 5.00. The fourth-order valence-electron chi connectivity index (χ4n) is 2.21. The van der Waals surface area contributed by atoms with E-state index in [1.807, 2.05) is 5.01 Å². The molecule has 2 N–H and O–H groups in total. The van der Waals surface area contributed by atoms with E-state index in [-0.39, 0.29) is 11.3 Å². The Bertz CT molecular complexity index is 225. The highest BCUT2D eigenvalue weighted by Gasteiger charge is 2.43. The van der Waals surface area contributed by atoms with E-state index in [2.05, 4.69) is 12.8 Å². The molecule has 0 atom stereocenters. The van der Waals surface area contributed by atoms with Gasteiger partial charge in [0.05, 0.1) is 0 Å². The highest BCUT2D eigenvalue weighted by atomic mass is 32.1. The van der Waals surface area contributed by atoms with Crippen molar-refractivity contribution in [3.63, 3.8) is 0 Å². The molecule has 0 aromatic heterocycles. The minimum absolute atomic E-state index is 0.161. The Kier molecular flexibility index (Phi) is 2.25. The number of carbonyl (C=O) groups is 1. The molecule has 1 spiro atoms. The molecule has 2 aliphatic rings. The highest BCUT2D eigenvalue weighted by molar-refractivity contribution is 7.78. The van der Waals surface area contributed by atoms with Gasteiger partial charge in [-0.1, -0.05) is 12.8 Å². The molecule has 13 heavy (non-hydrogen) atoms. The molecular weight excluding hydrogens is 186 g/mol. The lowest BCUT2D eigenvalue weighted by Gasteiger charge is -2.36. The molecule has 74 valence electrons. The average molecular weight is 201 g/mol. The highest BCUT2D eigenvalue weighted by Crippen LogP contribution is 2.40. The number of hydrogen-bond acceptors (Lipinski definition) is 4. The van der Waals surface area contributed by atoms with Crippen molar-refractivity contribution in [1.29, 1.82) is 0 Å². The molecule has 2 heterocycles. The summed E-state index contributed by atoms with van der Waals surface area (Å²) >= 11 is 4.13. The average Bonchev–Trinajstić information content (AvgIpc) is 2.36. The molecule has 0 bridgehead atoms. The molecule has 0 aromatic carbocycles. The minimum atomic E-state index is 0.161. The van der Waals surface area contributed by atoms with E-state index < -0.39 is 0 Å². The monoisotopic (exact) mass is 201 g/mol. The standard InChI is InChI=1S/C8H15N3OS/c9-10-3-1-8(2-4-10)5-7(12)11(13)6-8/h13H,1-6,9H2. The largest absolute Gasteiger partial charge is 0.289 e. The van der Waals surface area contributed by atoms with Crippen LogP contribution in [0.3, 0.4) is 0 Å². The van der Waals surface area contributed by atoms with Gasteiger partial charge in [-0.25, -0.2) is 5.01 Å². The fraction of sp³-hybridized carbons (Fsp3) is 0.875. The Hall–Kier alpha value is -0.260.